The van der Waals surface area contributed by atoms with Crippen molar-refractivity contribution in [3.63, 3.8) is 0 Å². The predicted molar refractivity (Wildman–Crippen MR) is 104 cm³/mol. The van der Waals surface area contributed by atoms with Gasteiger partial charge in [0, 0.05) is 26.6 Å². The fraction of sp³-hybridized carbons (Fsp3) is 0.444. The van der Waals surface area contributed by atoms with E-state index in [1.54, 1.807) is 12.0 Å². The Balaban J connectivity index is 1.68. The fourth-order valence-corrected chi connectivity index (χ4v) is 3.46. The first-order chi connectivity index (χ1) is 13.7. The molecule has 10 heteroatoms. The van der Waals surface area contributed by atoms with Crippen LogP contribution in [-0.2, 0) is 27.3 Å². The molecule has 3 amide bonds. The minimum absolute atomic E-state index is 0.281. The highest BCUT2D eigenvalue weighted by Gasteiger charge is 2.26. The molecule has 1 aromatic heterocycles. The van der Waals surface area contributed by atoms with Gasteiger partial charge < -0.3 is 19.7 Å². The molecule has 3 rings (SSSR count). The van der Waals surface area contributed by atoms with Gasteiger partial charge in [-0.05, 0) is 5.56 Å². The van der Waals surface area contributed by atoms with Crippen LogP contribution in [0.1, 0.15) is 10.6 Å². The lowest BCUT2D eigenvalue weighted by Gasteiger charge is -2.29. The van der Waals surface area contributed by atoms with Gasteiger partial charge in [0.25, 0.3) is 0 Å². The van der Waals surface area contributed by atoms with E-state index >= 15 is 0 Å². The first-order valence-electron chi connectivity index (χ1n) is 8.95. The van der Waals surface area contributed by atoms with Crippen LogP contribution in [0, 0.1) is 0 Å². The number of benzene rings is 1. The molecule has 28 heavy (non-hydrogen) atoms. The third-order valence-corrected chi connectivity index (χ3v) is 4.97. The number of rotatable bonds is 7. The Morgan fingerprint density at radius 1 is 1.25 bits per heavy atom. The van der Waals surface area contributed by atoms with Gasteiger partial charge in [-0.2, -0.15) is 0 Å². The molecule has 0 bridgehead atoms. The Labute approximate surface area is 167 Å². The molecular weight excluding hydrogens is 382 g/mol. The lowest BCUT2D eigenvalue weighted by atomic mass is 10.1. The van der Waals surface area contributed by atoms with Crippen molar-refractivity contribution in [3.8, 4) is 0 Å². The average Bonchev–Trinajstić information content (AvgIpc) is 3.16. The zero-order valence-corrected chi connectivity index (χ0v) is 16.4. The molecule has 2 heterocycles. The Kier molecular flexibility index (Phi) is 7.29. The first-order valence-corrected chi connectivity index (χ1v) is 9.76. The molecule has 2 N–H and O–H groups in total. The second-order valence-corrected chi connectivity index (χ2v) is 7.28. The van der Waals surface area contributed by atoms with Gasteiger partial charge in [0.2, 0.25) is 11.0 Å². The van der Waals surface area contributed by atoms with Gasteiger partial charge in [0.05, 0.1) is 13.2 Å². The van der Waals surface area contributed by atoms with Gasteiger partial charge >= 0.3 is 6.03 Å². The van der Waals surface area contributed by atoms with E-state index in [0.717, 1.165) is 5.56 Å². The molecule has 1 aliphatic rings. The van der Waals surface area contributed by atoms with Crippen LogP contribution in [0.15, 0.2) is 30.3 Å². The molecule has 9 nitrogen and oxygen atoms in total. The summed E-state index contributed by atoms with van der Waals surface area (Å²) in [6.45, 7) is 2.32. The molecular formula is C18H23N5O4S. The number of carbonyl (C=O) groups is 2. The summed E-state index contributed by atoms with van der Waals surface area (Å²) < 4.78 is 10.3. The Bertz CT molecular complexity index is 779. The molecule has 150 valence electrons. The molecule has 2 aromatic rings. The molecule has 1 aromatic carbocycles. The van der Waals surface area contributed by atoms with Crippen LogP contribution in [0.5, 0.6) is 0 Å². The van der Waals surface area contributed by atoms with Crippen molar-refractivity contribution >= 4 is 28.4 Å². The van der Waals surface area contributed by atoms with Crippen LogP contribution in [0.2, 0.25) is 0 Å². The van der Waals surface area contributed by atoms with Gasteiger partial charge in [-0.3, -0.25) is 10.1 Å². The zero-order valence-electron chi connectivity index (χ0n) is 15.6. The van der Waals surface area contributed by atoms with Crippen LogP contribution >= 0.6 is 11.3 Å². The standard InChI is InChI=1S/C18H23N5O4S/c1-26-12-15-21-22-17(28-15)20-16(24)14(11-13-5-3-2-4-6-13)19-18(25)23-7-9-27-10-8-23/h2-6,14H,7-12H2,1H3,(H,19,25)(H,20,22,24)/t14-/m1/s1. The van der Waals surface area contributed by atoms with Crippen molar-refractivity contribution in [2.45, 2.75) is 19.1 Å². The lowest BCUT2D eigenvalue weighted by molar-refractivity contribution is -0.118. The van der Waals surface area contributed by atoms with Gasteiger partial charge in [-0.15, -0.1) is 10.2 Å². The topological polar surface area (TPSA) is 106 Å². The number of anilines is 1. The Hall–Kier alpha value is -2.56. The van der Waals surface area contributed by atoms with Gasteiger partial charge in [-0.25, -0.2) is 4.79 Å². The fourth-order valence-electron chi connectivity index (χ4n) is 2.74. The number of methoxy groups -OCH3 is 1. The van der Waals surface area contributed by atoms with Crippen molar-refractivity contribution < 1.29 is 19.1 Å². The van der Waals surface area contributed by atoms with Gasteiger partial charge in [-0.1, -0.05) is 41.7 Å². The average molecular weight is 405 g/mol. The van der Waals surface area contributed by atoms with Gasteiger partial charge in [0.15, 0.2) is 0 Å². The highest BCUT2D eigenvalue weighted by atomic mass is 32.1. The van der Waals surface area contributed by atoms with E-state index in [1.807, 2.05) is 30.3 Å². The number of morpholine rings is 1. The molecule has 1 aliphatic heterocycles. The Morgan fingerprint density at radius 3 is 2.71 bits per heavy atom. The SMILES string of the molecule is COCc1nnc(NC(=O)[C@@H](Cc2ccccc2)NC(=O)N2CCOCC2)s1. The summed E-state index contributed by atoms with van der Waals surface area (Å²) in [5.74, 6) is -0.342. The maximum absolute atomic E-state index is 12.8. The molecule has 1 atom stereocenters. The minimum atomic E-state index is -0.743. The summed E-state index contributed by atoms with van der Waals surface area (Å²) in [6.07, 6.45) is 0.368. The van der Waals surface area contributed by atoms with E-state index < -0.39 is 6.04 Å². The molecule has 1 fully saturated rings. The van der Waals surface area contributed by atoms with Crippen LogP contribution in [-0.4, -0.2) is 66.5 Å². The number of urea groups is 1. The van der Waals surface area contributed by atoms with Crippen molar-refractivity contribution in [2.24, 2.45) is 0 Å². The number of ether oxygens (including phenoxy) is 2. The maximum Gasteiger partial charge on any atom is 0.318 e. The normalized spacial score (nSPS) is 15.1. The highest BCUT2D eigenvalue weighted by Crippen LogP contribution is 2.16. The predicted octanol–water partition coefficient (Wildman–Crippen LogP) is 1.28. The number of carbonyl (C=O) groups excluding carboxylic acids is 2. The third kappa shape index (κ3) is 5.72. The second-order valence-electron chi connectivity index (χ2n) is 6.21. The number of nitrogens with zero attached hydrogens (tertiary/aromatic N) is 3. The summed E-state index contributed by atoms with van der Waals surface area (Å²) in [5.41, 5.74) is 0.947. The van der Waals surface area contributed by atoms with Crippen LogP contribution < -0.4 is 10.6 Å². The van der Waals surface area contributed by atoms with Crippen molar-refractivity contribution in [1.29, 1.82) is 0 Å². The first kappa shape index (κ1) is 20.2. The quantitative estimate of drug-likeness (QED) is 0.719. The zero-order chi connectivity index (χ0) is 19.8. The van der Waals surface area contributed by atoms with E-state index in [9.17, 15) is 9.59 Å². The summed E-state index contributed by atoms with van der Waals surface area (Å²) in [4.78, 5) is 27.1. The van der Waals surface area contributed by atoms with E-state index in [1.165, 1.54) is 11.3 Å². The van der Waals surface area contributed by atoms with E-state index in [0.29, 0.717) is 49.5 Å². The molecule has 0 aliphatic carbocycles. The minimum Gasteiger partial charge on any atom is -0.378 e. The summed E-state index contributed by atoms with van der Waals surface area (Å²) in [7, 11) is 1.57. The smallest absolute Gasteiger partial charge is 0.318 e. The van der Waals surface area contributed by atoms with E-state index in [2.05, 4.69) is 20.8 Å². The summed E-state index contributed by atoms with van der Waals surface area (Å²) in [5, 5.41) is 14.5. The monoisotopic (exact) mass is 405 g/mol. The summed E-state index contributed by atoms with van der Waals surface area (Å²) >= 11 is 1.24. The molecule has 1 saturated heterocycles. The number of aromatic nitrogens is 2. The van der Waals surface area contributed by atoms with Gasteiger partial charge in [0.1, 0.15) is 17.7 Å². The van der Waals surface area contributed by atoms with Crippen LogP contribution in [0.4, 0.5) is 9.93 Å². The number of hydrogen-bond acceptors (Lipinski definition) is 7. The van der Waals surface area contributed by atoms with Crippen molar-refractivity contribution in [1.82, 2.24) is 20.4 Å². The second kappa shape index (κ2) is 10.1. The highest BCUT2D eigenvalue weighted by molar-refractivity contribution is 7.15. The molecule has 0 unspecified atom stereocenters. The van der Waals surface area contributed by atoms with Crippen molar-refractivity contribution in [2.75, 3.05) is 38.7 Å². The molecule has 0 radical (unpaired) electrons. The lowest BCUT2D eigenvalue weighted by Crippen LogP contribution is -2.53. The molecule has 0 saturated carbocycles. The maximum atomic E-state index is 12.8. The largest absolute Gasteiger partial charge is 0.378 e. The number of hydrogen-bond donors (Lipinski definition) is 2. The number of amides is 3. The van der Waals surface area contributed by atoms with Crippen molar-refractivity contribution in [3.05, 3.63) is 40.9 Å². The number of nitrogens with one attached hydrogen (secondary N) is 2. The van der Waals surface area contributed by atoms with E-state index in [-0.39, 0.29) is 11.9 Å². The van der Waals surface area contributed by atoms with Crippen LogP contribution in [0.3, 0.4) is 0 Å². The molecule has 0 spiro atoms. The summed E-state index contributed by atoms with van der Waals surface area (Å²) in [6, 6.07) is 8.52. The Morgan fingerprint density at radius 2 is 2.00 bits per heavy atom. The van der Waals surface area contributed by atoms with Crippen LogP contribution in [0.25, 0.3) is 0 Å². The third-order valence-electron chi connectivity index (χ3n) is 4.16. The van der Waals surface area contributed by atoms with E-state index in [4.69, 9.17) is 9.47 Å².